The van der Waals surface area contributed by atoms with Crippen molar-refractivity contribution in [1.82, 2.24) is 10.6 Å². The van der Waals surface area contributed by atoms with Gasteiger partial charge in [-0.3, -0.25) is 4.79 Å². The fraction of sp³-hybridized carbons (Fsp3) is 0.846. The molecule has 5 heteroatoms. The Hall–Kier alpha value is -1.10. The lowest BCUT2D eigenvalue weighted by Crippen LogP contribution is -2.52. The normalized spacial score (nSPS) is 14.9. The van der Waals surface area contributed by atoms with Gasteiger partial charge in [-0.25, -0.2) is 4.79 Å². The molecule has 0 aliphatic heterocycles. The minimum absolute atomic E-state index is 0.0419. The number of carboxylic acids is 1. The Kier molecular flexibility index (Phi) is 6.32. The van der Waals surface area contributed by atoms with Gasteiger partial charge in [0.05, 0.1) is 0 Å². The van der Waals surface area contributed by atoms with E-state index in [1.54, 1.807) is 6.92 Å². The van der Waals surface area contributed by atoms with Gasteiger partial charge in [0.2, 0.25) is 5.91 Å². The first-order valence-corrected chi connectivity index (χ1v) is 6.40. The summed E-state index contributed by atoms with van der Waals surface area (Å²) in [4.78, 5) is 22.9. The monoisotopic (exact) mass is 258 g/mol. The van der Waals surface area contributed by atoms with E-state index in [0.29, 0.717) is 19.4 Å². The molecule has 0 bridgehead atoms. The van der Waals surface area contributed by atoms with Crippen LogP contribution in [-0.4, -0.2) is 34.6 Å². The lowest BCUT2D eigenvalue weighted by molar-refractivity contribution is -0.147. The highest BCUT2D eigenvalue weighted by Crippen LogP contribution is 2.12. The number of nitrogens with one attached hydrogen (secondary N) is 2. The number of carbonyl (C=O) groups excluding carboxylic acids is 1. The van der Waals surface area contributed by atoms with Crippen LogP contribution in [0.1, 0.15) is 53.9 Å². The van der Waals surface area contributed by atoms with Crippen LogP contribution in [-0.2, 0) is 9.59 Å². The predicted octanol–water partition coefficient (Wildman–Crippen LogP) is 1.52. The SMILES string of the molecule is CCCC(C)(NC(=O)CCNC(C)(C)C)C(=O)O. The fourth-order valence-corrected chi connectivity index (χ4v) is 1.64. The summed E-state index contributed by atoms with van der Waals surface area (Å²) in [6.07, 6.45) is 1.42. The molecule has 5 nitrogen and oxygen atoms in total. The van der Waals surface area contributed by atoms with Crippen LogP contribution in [0.3, 0.4) is 0 Å². The molecular weight excluding hydrogens is 232 g/mol. The summed E-state index contributed by atoms with van der Waals surface area (Å²) >= 11 is 0. The van der Waals surface area contributed by atoms with Gasteiger partial charge in [0, 0.05) is 18.5 Å². The zero-order valence-corrected chi connectivity index (χ0v) is 12.1. The molecule has 0 saturated carbocycles. The first-order valence-electron chi connectivity index (χ1n) is 6.40. The Balaban J connectivity index is 4.24. The molecule has 1 unspecified atom stereocenters. The number of amides is 1. The summed E-state index contributed by atoms with van der Waals surface area (Å²) in [5.41, 5.74) is -1.20. The van der Waals surface area contributed by atoms with E-state index in [-0.39, 0.29) is 17.9 Å². The average molecular weight is 258 g/mol. The van der Waals surface area contributed by atoms with Gasteiger partial charge in [-0.2, -0.15) is 0 Å². The Morgan fingerprint density at radius 3 is 2.11 bits per heavy atom. The summed E-state index contributed by atoms with van der Waals surface area (Å²) in [6.45, 7) is 10.0. The van der Waals surface area contributed by atoms with Crippen molar-refractivity contribution in [3.8, 4) is 0 Å². The molecule has 0 aromatic heterocycles. The topological polar surface area (TPSA) is 78.4 Å². The summed E-state index contributed by atoms with van der Waals surface area (Å²) in [5, 5.41) is 14.9. The maximum atomic E-state index is 11.7. The summed E-state index contributed by atoms with van der Waals surface area (Å²) in [5.74, 6) is -1.22. The van der Waals surface area contributed by atoms with Crippen molar-refractivity contribution in [1.29, 1.82) is 0 Å². The molecule has 0 aliphatic carbocycles. The predicted molar refractivity (Wildman–Crippen MR) is 71.5 cm³/mol. The van der Waals surface area contributed by atoms with E-state index in [1.807, 2.05) is 27.7 Å². The molecule has 0 aromatic carbocycles. The number of rotatable bonds is 7. The van der Waals surface area contributed by atoms with E-state index in [2.05, 4.69) is 10.6 Å². The maximum absolute atomic E-state index is 11.7. The first-order chi connectivity index (χ1) is 8.10. The standard InChI is InChI=1S/C13H26N2O3/c1-6-8-13(5,11(17)18)15-10(16)7-9-14-12(2,3)4/h14H,6-9H2,1-5H3,(H,15,16)(H,17,18). The molecule has 0 fully saturated rings. The number of hydrogen-bond donors (Lipinski definition) is 3. The molecule has 1 atom stereocenters. The van der Waals surface area contributed by atoms with Gasteiger partial charge in [0.25, 0.3) is 0 Å². The zero-order chi connectivity index (χ0) is 14.4. The number of carbonyl (C=O) groups is 2. The molecule has 0 heterocycles. The van der Waals surface area contributed by atoms with Crippen LogP contribution in [0.25, 0.3) is 0 Å². The van der Waals surface area contributed by atoms with Gasteiger partial charge in [0.15, 0.2) is 0 Å². The number of hydrogen-bond acceptors (Lipinski definition) is 3. The van der Waals surface area contributed by atoms with Crippen molar-refractivity contribution in [2.75, 3.05) is 6.54 Å². The van der Waals surface area contributed by atoms with E-state index < -0.39 is 11.5 Å². The van der Waals surface area contributed by atoms with Crippen LogP contribution in [0, 0.1) is 0 Å². The van der Waals surface area contributed by atoms with Crippen molar-refractivity contribution in [3.05, 3.63) is 0 Å². The van der Waals surface area contributed by atoms with Gasteiger partial charge in [0.1, 0.15) is 5.54 Å². The number of aliphatic carboxylic acids is 1. The molecule has 0 spiro atoms. The highest BCUT2D eigenvalue weighted by Gasteiger charge is 2.33. The van der Waals surface area contributed by atoms with Gasteiger partial charge in [-0.05, 0) is 34.1 Å². The molecule has 0 aliphatic rings. The molecule has 18 heavy (non-hydrogen) atoms. The summed E-state index contributed by atoms with van der Waals surface area (Å²) in [6, 6.07) is 0. The van der Waals surface area contributed by atoms with Crippen molar-refractivity contribution < 1.29 is 14.7 Å². The highest BCUT2D eigenvalue weighted by atomic mass is 16.4. The van der Waals surface area contributed by atoms with E-state index in [4.69, 9.17) is 5.11 Å². The third-order valence-corrected chi connectivity index (χ3v) is 2.64. The van der Waals surface area contributed by atoms with Gasteiger partial charge in [-0.1, -0.05) is 13.3 Å². The van der Waals surface area contributed by atoms with Crippen LogP contribution in [0.15, 0.2) is 0 Å². The van der Waals surface area contributed by atoms with Crippen molar-refractivity contribution in [3.63, 3.8) is 0 Å². The van der Waals surface area contributed by atoms with Crippen LogP contribution in [0.5, 0.6) is 0 Å². The molecule has 3 N–H and O–H groups in total. The van der Waals surface area contributed by atoms with Gasteiger partial charge < -0.3 is 15.7 Å². The van der Waals surface area contributed by atoms with Crippen LogP contribution in [0.4, 0.5) is 0 Å². The lowest BCUT2D eigenvalue weighted by atomic mass is 9.96. The molecular formula is C13H26N2O3. The van der Waals surface area contributed by atoms with Crippen LogP contribution >= 0.6 is 0 Å². The summed E-state index contributed by atoms with van der Waals surface area (Å²) < 4.78 is 0. The van der Waals surface area contributed by atoms with E-state index in [0.717, 1.165) is 0 Å². The zero-order valence-electron chi connectivity index (χ0n) is 12.1. The highest BCUT2D eigenvalue weighted by molar-refractivity contribution is 5.86. The smallest absolute Gasteiger partial charge is 0.329 e. The molecule has 1 amide bonds. The minimum atomic E-state index is -1.16. The largest absolute Gasteiger partial charge is 0.480 e. The average Bonchev–Trinajstić information content (AvgIpc) is 2.15. The van der Waals surface area contributed by atoms with E-state index >= 15 is 0 Å². The minimum Gasteiger partial charge on any atom is -0.480 e. The Morgan fingerprint density at radius 1 is 1.17 bits per heavy atom. The Labute approximate surface area is 109 Å². The van der Waals surface area contributed by atoms with Crippen LogP contribution in [0.2, 0.25) is 0 Å². The third kappa shape index (κ3) is 6.59. The van der Waals surface area contributed by atoms with Crippen LogP contribution < -0.4 is 10.6 Å². The Morgan fingerprint density at radius 2 is 1.72 bits per heavy atom. The maximum Gasteiger partial charge on any atom is 0.329 e. The van der Waals surface area contributed by atoms with Crippen molar-refractivity contribution in [2.24, 2.45) is 0 Å². The molecule has 106 valence electrons. The molecule has 0 saturated heterocycles. The first kappa shape index (κ1) is 16.9. The molecule has 0 radical (unpaired) electrons. The van der Waals surface area contributed by atoms with Crippen molar-refractivity contribution >= 4 is 11.9 Å². The quantitative estimate of drug-likeness (QED) is 0.647. The van der Waals surface area contributed by atoms with E-state index in [1.165, 1.54) is 0 Å². The molecule has 0 aromatic rings. The Bertz CT molecular complexity index is 297. The van der Waals surface area contributed by atoms with Gasteiger partial charge in [-0.15, -0.1) is 0 Å². The van der Waals surface area contributed by atoms with E-state index in [9.17, 15) is 9.59 Å². The fourth-order valence-electron chi connectivity index (χ4n) is 1.64. The molecule has 0 rings (SSSR count). The third-order valence-electron chi connectivity index (χ3n) is 2.64. The number of carboxylic acid groups (broad SMARTS) is 1. The second-order valence-corrected chi connectivity index (χ2v) is 5.86. The van der Waals surface area contributed by atoms with Gasteiger partial charge >= 0.3 is 5.97 Å². The second-order valence-electron chi connectivity index (χ2n) is 5.86. The second kappa shape index (κ2) is 6.73. The van der Waals surface area contributed by atoms with Crippen molar-refractivity contribution in [2.45, 2.75) is 65.0 Å². The summed E-state index contributed by atoms with van der Waals surface area (Å²) in [7, 11) is 0. The lowest BCUT2D eigenvalue weighted by Gasteiger charge is -2.26.